The first kappa shape index (κ1) is 20.0. The summed E-state index contributed by atoms with van der Waals surface area (Å²) in [7, 11) is 0. The summed E-state index contributed by atoms with van der Waals surface area (Å²) in [5.41, 5.74) is 3.96. The first-order valence-corrected chi connectivity index (χ1v) is 10.4. The Morgan fingerprint density at radius 1 is 1.10 bits per heavy atom. The molecule has 30 heavy (non-hydrogen) atoms. The van der Waals surface area contributed by atoms with Crippen LogP contribution >= 0.6 is 15.9 Å². The number of anilines is 1. The molecule has 150 valence electrons. The molecule has 0 aliphatic carbocycles. The lowest BCUT2D eigenvalue weighted by molar-refractivity contribution is 0.102. The Morgan fingerprint density at radius 2 is 1.93 bits per heavy atom. The van der Waals surface area contributed by atoms with Crippen molar-refractivity contribution in [2.75, 3.05) is 5.32 Å². The number of hydrogen-bond acceptors (Lipinski definition) is 4. The van der Waals surface area contributed by atoms with Crippen molar-refractivity contribution in [3.05, 3.63) is 93.6 Å². The van der Waals surface area contributed by atoms with Crippen molar-refractivity contribution in [3.8, 4) is 0 Å². The quantitative estimate of drug-likeness (QED) is 0.408. The number of halogens is 1. The molecule has 2 heterocycles. The van der Waals surface area contributed by atoms with Gasteiger partial charge in [-0.1, -0.05) is 41.1 Å². The summed E-state index contributed by atoms with van der Waals surface area (Å²) >= 11 is 3.47. The largest absolute Gasteiger partial charge is 0.438 e. The van der Waals surface area contributed by atoms with E-state index in [1.165, 1.54) is 0 Å². The Labute approximate surface area is 182 Å². The van der Waals surface area contributed by atoms with E-state index in [0.29, 0.717) is 17.0 Å². The highest BCUT2D eigenvalue weighted by atomic mass is 79.9. The lowest BCUT2D eigenvalue weighted by Gasteiger charge is -2.07. The number of aryl methyl sites for hydroxylation is 2. The molecule has 0 spiro atoms. The number of carbonyl (C=O) groups excluding carboxylic acids is 1. The standard InChI is InChI=1S/C24H20BrN3O2/c1-3-16-7-5-8-19(12-16)27-24-20(14-17-13-18(25)10-11-21(17)30-24)23(29)28-22-9-4-6-15(2)26-22/h4-14H,3H2,1-2H3,(H,26,28,29). The number of amides is 1. The minimum absolute atomic E-state index is 0.253. The van der Waals surface area contributed by atoms with Crippen molar-refractivity contribution in [3.63, 3.8) is 0 Å². The summed E-state index contributed by atoms with van der Waals surface area (Å²) in [6.45, 7) is 3.96. The number of nitrogens with zero attached hydrogens (tertiary/aromatic N) is 2. The highest BCUT2D eigenvalue weighted by molar-refractivity contribution is 9.10. The van der Waals surface area contributed by atoms with Crippen LogP contribution in [-0.2, 0) is 6.42 Å². The van der Waals surface area contributed by atoms with Crippen LogP contribution in [0.4, 0.5) is 11.5 Å². The van der Waals surface area contributed by atoms with Gasteiger partial charge in [-0.05, 0) is 67.4 Å². The molecule has 0 bridgehead atoms. The van der Waals surface area contributed by atoms with Gasteiger partial charge < -0.3 is 9.73 Å². The zero-order valence-corrected chi connectivity index (χ0v) is 18.2. The molecule has 0 radical (unpaired) electrons. The molecule has 0 atom stereocenters. The van der Waals surface area contributed by atoms with Gasteiger partial charge in [-0.25, -0.2) is 9.98 Å². The van der Waals surface area contributed by atoms with Gasteiger partial charge in [0.25, 0.3) is 5.91 Å². The molecule has 1 amide bonds. The molecule has 4 rings (SSSR count). The third-order valence-corrected chi connectivity index (χ3v) is 5.13. The minimum atomic E-state index is -0.330. The van der Waals surface area contributed by atoms with Crippen LogP contribution in [0.25, 0.3) is 11.0 Å². The number of aromatic nitrogens is 1. The second-order valence-corrected chi connectivity index (χ2v) is 7.82. The summed E-state index contributed by atoms with van der Waals surface area (Å²) in [4.78, 5) is 22.1. The molecule has 2 aromatic carbocycles. The van der Waals surface area contributed by atoms with E-state index >= 15 is 0 Å². The van der Waals surface area contributed by atoms with E-state index in [0.717, 1.165) is 33.2 Å². The Morgan fingerprint density at radius 3 is 2.73 bits per heavy atom. The number of carbonyl (C=O) groups is 1. The summed E-state index contributed by atoms with van der Waals surface area (Å²) in [6.07, 6.45) is 0.901. The minimum Gasteiger partial charge on any atom is -0.438 e. The summed E-state index contributed by atoms with van der Waals surface area (Å²) in [6, 6.07) is 20.8. The second-order valence-electron chi connectivity index (χ2n) is 6.90. The second kappa shape index (κ2) is 8.63. The molecule has 0 unspecified atom stereocenters. The Kier molecular flexibility index (Phi) is 5.77. The van der Waals surface area contributed by atoms with Crippen LogP contribution in [0.5, 0.6) is 0 Å². The van der Waals surface area contributed by atoms with Crippen LogP contribution < -0.4 is 10.9 Å². The third kappa shape index (κ3) is 4.49. The third-order valence-electron chi connectivity index (χ3n) is 4.63. The van der Waals surface area contributed by atoms with Gasteiger partial charge in [-0.15, -0.1) is 0 Å². The van der Waals surface area contributed by atoms with E-state index in [2.05, 4.69) is 38.1 Å². The highest BCUT2D eigenvalue weighted by Crippen LogP contribution is 2.21. The van der Waals surface area contributed by atoms with Crippen LogP contribution in [0.3, 0.4) is 0 Å². The fourth-order valence-electron chi connectivity index (χ4n) is 3.11. The molecule has 2 aromatic heterocycles. The summed E-state index contributed by atoms with van der Waals surface area (Å²) in [5.74, 6) is 0.150. The van der Waals surface area contributed by atoms with Gasteiger partial charge in [0.05, 0.1) is 5.69 Å². The van der Waals surface area contributed by atoms with Crippen molar-refractivity contribution in [2.45, 2.75) is 20.3 Å². The maximum Gasteiger partial charge on any atom is 0.262 e. The van der Waals surface area contributed by atoms with Gasteiger partial charge in [0.2, 0.25) is 5.55 Å². The number of benzene rings is 2. The molecule has 0 aliphatic heterocycles. The normalized spacial score (nSPS) is 11.6. The molecule has 0 aliphatic rings. The molecular weight excluding hydrogens is 442 g/mol. The van der Waals surface area contributed by atoms with Crippen molar-refractivity contribution >= 4 is 44.3 Å². The molecule has 4 aromatic rings. The Hall–Kier alpha value is -3.25. The van der Waals surface area contributed by atoms with E-state index in [9.17, 15) is 4.79 Å². The molecule has 0 saturated carbocycles. The van der Waals surface area contributed by atoms with Gasteiger partial charge in [0, 0.05) is 15.6 Å². The van der Waals surface area contributed by atoms with Gasteiger partial charge in [0.1, 0.15) is 17.0 Å². The molecule has 6 heteroatoms. The monoisotopic (exact) mass is 461 g/mol. The van der Waals surface area contributed by atoms with Crippen molar-refractivity contribution < 1.29 is 9.21 Å². The van der Waals surface area contributed by atoms with E-state index in [1.807, 2.05) is 61.5 Å². The van der Waals surface area contributed by atoms with E-state index in [-0.39, 0.29) is 11.5 Å². The molecular formula is C24H20BrN3O2. The number of rotatable bonds is 4. The smallest absolute Gasteiger partial charge is 0.262 e. The first-order valence-electron chi connectivity index (χ1n) is 9.64. The predicted molar refractivity (Wildman–Crippen MR) is 122 cm³/mol. The maximum absolute atomic E-state index is 13.1. The SMILES string of the molecule is CCc1cccc(N=c2oc3ccc(Br)cc3cc2C(=O)Nc2cccc(C)n2)c1. The Balaban J connectivity index is 1.85. The predicted octanol–water partition coefficient (Wildman–Crippen LogP) is 5.95. The summed E-state index contributed by atoms with van der Waals surface area (Å²) < 4.78 is 6.94. The first-order chi connectivity index (χ1) is 14.5. The lowest BCUT2D eigenvalue weighted by atomic mass is 10.1. The lowest BCUT2D eigenvalue weighted by Crippen LogP contribution is -2.22. The number of fused-ring (bicyclic) bond motifs is 1. The van der Waals surface area contributed by atoms with Gasteiger partial charge in [-0.2, -0.15) is 0 Å². The Bertz CT molecular complexity index is 1310. The molecule has 0 saturated heterocycles. The molecule has 5 nitrogen and oxygen atoms in total. The number of pyridine rings is 1. The van der Waals surface area contributed by atoms with Gasteiger partial charge in [-0.3, -0.25) is 4.79 Å². The van der Waals surface area contributed by atoms with Crippen LogP contribution in [0.2, 0.25) is 0 Å². The average molecular weight is 462 g/mol. The maximum atomic E-state index is 13.1. The van der Waals surface area contributed by atoms with E-state index in [4.69, 9.17) is 4.42 Å². The zero-order valence-electron chi connectivity index (χ0n) is 16.6. The highest BCUT2D eigenvalue weighted by Gasteiger charge is 2.14. The van der Waals surface area contributed by atoms with E-state index < -0.39 is 0 Å². The van der Waals surface area contributed by atoms with Crippen LogP contribution in [-0.4, -0.2) is 10.9 Å². The fourth-order valence-corrected chi connectivity index (χ4v) is 3.49. The van der Waals surface area contributed by atoms with E-state index in [1.54, 1.807) is 12.1 Å². The van der Waals surface area contributed by atoms with Crippen molar-refractivity contribution in [1.29, 1.82) is 0 Å². The number of hydrogen-bond donors (Lipinski definition) is 1. The fraction of sp³-hybridized carbons (Fsp3) is 0.125. The van der Waals surface area contributed by atoms with Crippen molar-refractivity contribution in [2.24, 2.45) is 4.99 Å². The molecule has 0 fully saturated rings. The van der Waals surface area contributed by atoms with Gasteiger partial charge >= 0.3 is 0 Å². The molecule has 1 N–H and O–H groups in total. The van der Waals surface area contributed by atoms with Crippen molar-refractivity contribution in [1.82, 2.24) is 4.98 Å². The topological polar surface area (TPSA) is 67.5 Å². The average Bonchev–Trinajstić information content (AvgIpc) is 2.73. The zero-order chi connectivity index (χ0) is 21.1. The van der Waals surface area contributed by atoms with Crippen LogP contribution in [0, 0.1) is 6.92 Å². The van der Waals surface area contributed by atoms with Crippen LogP contribution in [0.15, 0.2) is 80.6 Å². The number of nitrogens with one attached hydrogen (secondary N) is 1. The summed E-state index contributed by atoms with van der Waals surface area (Å²) in [5, 5.41) is 3.64. The van der Waals surface area contributed by atoms with Gasteiger partial charge in [0.15, 0.2) is 0 Å². The van der Waals surface area contributed by atoms with Crippen LogP contribution in [0.1, 0.15) is 28.5 Å².